The summed E-state index contributed by atoms with van der Waals surface area (Å²) in [6.07, 6.45) is 7.70. The van der Waals surface area contributed by atoms with Crippen LogP contribution in [0.4, 0.5) is 0 Å². The van der Waals surface area contributed by atoms with Crippen molar-refractivity contribution in [2.45, 2.75) is 56.5 Å². The normalized spacial score (nSPS) is 21.2. The molecule has 1 aliphatic carbocycles. The molecule has 1 aliphatic heterocycles. The first-order valence-corrected chi connectivity index (χ1v) is 8.68. The van der Waals surface area contributed by atoms with E-state index in [1.165, 1.54) is 7.11 Å². The number of carbonyl (C=O) groups excluding carboxylic acids is 2. The molecule has 1 aromatic rings. The van der Waals surface area contributed by atoms with Crippen LogP contribution in [-0.2, 0) is 9.53 Å². The van der Waals surface area contributed by atoms with Gasteiger partial charge in [-0.2, -0.15) is 0 Å². The SMILES string of the molecule is COC(=O)C1(NC(=O)c2cn(C3CCNCC3)nn2)CCCCC1. The first kappa shape index (κ1) is 16.9. The van der Waals surface area contributed by atoms with Crippen molar-refractivity contribution in [2.75, 3.05) is 20.2 Å². The van der Waals surface area contributed by atoms with Crippen molar-refractivity contribution in [2.24, 2.45) is 0 Å². The molecule has 0 radical (unpaired) electrons. The van der Waals surface area contributed by atoms with Gasteiger partial charge < -0.3 is 15.4 Å². The summed E-state index contributed by atoms with van der Waals surface area (Å²) in [5.41, 5.74) is -0.676. The molecule has 0 atom stereocenters. The van der Waals surface area contributed by atoms with Crippen molar-refractivity contribution in [1.29, 1.82) is 0 Å². The predicted octanol–water partition coefficient (Wildman–Crippen LogP) is 0.808. The molecule has 2 heterocycles. The van der Waals surface area contributed by atoms with E-state index in [0.717, 1.165) is 45.2 Å². The first-order chi connectivity index (χ1) is 11.6. The molecule has 24 heavy (non-hydrogen) atoms. The third-order valence-electron chi connectivity index (χ3n) is 5.06. The summed E-state index contributed by atoms with van der Waals surface area (Å²) in [5.74, 6) is -0.733. The van der Waals surface area contributed by atoms with Crippen LogP contribution >= 0.6 is 0 Å². The molecule has 1 amide bonds. The number of rotatable bonds is 4. The Labute approximate surface area is 141 Å². The average Bonchev–Trinajstić information content (AvgIpc) is 3.13. The van der Waals surface area contributed by atoms with Crippen molar-refractivity contribution in [3.8, 4) is 0 Å². The standard InChI is InChI=1S/C16H25N5O3/c1-24-15(23)16(7-3-2-4-8-16)18-14(22)13-11-21(20-19-13)12-5-9-17-10-6-12/h11-12,17H,2-10H2,1H3,(H,18,22). The predicted molar refractivity (Wildman–Crippen MR) is 86.5 cm³/mol. The van der Waals surface area contributed by atoms with E-state index in [1.807, 2.05) is 0 Å². The van der Waals surface area contributed by atoms with Crippen LogP contribution in [-0.4, -0.2) is 52.6 Å². The second-order valence-electron chi connectivity index (χ2n) is 6.65. The van der Waals surface area contributed by atoms with Gasteiger partial charge in [-0.15, -0.1) is 5.10 Å². The maximum absolute atomic E-state index is 12.6. The van der Waals surface area contributed by atoms with E-state index in [9.17, 15) is 9.59 Å². The fourth-order valence-electron chi connectivity index (χ4n) is 3.64. The molecule has 132 valence electrons. The molecular formula is C16H25N5O3. The van der Waals surface area contributed by atoms with E-state index < -0.39 is 5.54 Å². The number of hydrogen-bond acceptors (Lipinski definition) is 6. The van der Waals surface area contributed by atoms with Gasteiger partial charge in [0.1, 0.15) is 5.54 Å². The van der Waals surface area contributed by atoms with E-state index in [1.54, 1.807) is 10.9 Å². The van der Waals surface area contributed by atoms with Crippen molar-refractivity contribution in [3.63, 3.8) is 0 Å². The quantitative estimate of drug-likeness (QED) is 0.790. The van der Waals surface area contributed by atoms with Gasteiger partial charge in [0, 0.05) is 0 Å². The fourth-order valence-corrected chi connectivity index (χ4v) is 3.64. The van der Waals surface area contributed by atoms with Gasteiger partial charge in [0.2, 0.25) is 0 Å². The zero-order valence-electron chi connectivity index (χ0n) is 14.1. The van der Waals surface area contributed by atoms with Gasteiger partial charge >= 0.3 is 5.97 Å². The smallest absolute Gasteiger partial charge is 0.331 e. The molecule has 1 saturated carbocycles. The number of nitrogens with zero attached hydrogens (tertiary/aromatic N) is 3. The number of carbonyl (C=O) groups is 2. The molecule has 2 aliphatic rings. The Bertz CT molecular complexity index is 588. The highest BCUT2D eigenvalue weighted by Gasteiger charge is 2.42. The van der Waals surface area contributed by atoms with Gasteiger partial charge in [-0.1, -0.05) is 24.5 Å². The molecule has 2 N–H and O–H groups in total. The zero-order chi connectivity index (χ0) is 17.0. The van der Waals surface area contributed by atoms with Crippen LogP contribution in [0.2, 0.25) is 0 Å². The van der Waals surface area contributed by atoms with Crippen molar-refractivity contribution in [1.82, 2.24) is 25.6 Å². The van der Waals surface area contributed by atoms with Crippen LogP contribution in [0.1, 0.15) is 61.5 Å². The Balaban J connectivity index is 1.71. The molecule has 2 fully saturated rings. The monoisotopic (exact) mass is 335 g/mol. The molecule has 0 spiro atoms. The van der Waals surface area contributed by atoms with Gasteiger partial charge in [-0.3, -0.25) is 4.79 Å². The second kappa shape index (κ2) is 7.29. The zero-order valence-corrected chi connectivity index (χ0v) is 14.1. The Kier molecular flexibility index (Phi) is 5.13. The number of esters is 1. The van der Waals surface area contributed by atoms with E-state index in [4.69, 9.17) is 4.74 Å². The van der Waals surface area contributed by atoms with Gasteiger partial charge in [0.15, 0.2) is 5.69 Å². The highest BCUT2D eigenvalue weighted by molar-refractivity contribution is 5.96. The van der Waals surface area contributed by atoms with Gasteiger partial charge in [-0.05, 0) is 38.8 Å². The summed E-state index contributed by atoms with van der Waals surface area (Å²) < 4.78 is 6.69. The lowest BCUT2D eigenvalue weighted by molar-refractivity contribution is -0.149. The minimum absolute atomic E-state index is 0.252. The highest BCUT2D eigenvalue weighted by Crippen LogP contribution is 2.29. The minimum Gasteiger partial charge on any atom is -0.467 e. The van der Waals surface area contributed by atoms with Crippen LogP contribution in [0.3, 0.4) is 0 Å². The molecule has 0 bridgehead atoms. The molecule has 8 heteroatoms. The summed E-state index contributed by atoms with van der Waals surface area (Å²) in [7, 11) is 1.36. The van der Waals surface area contributed by atoms with Crippen molar-refractivity contribution < 1.29 is 14.3 Å². The number of methoxy groups -OCH3 is 1. The lowest BCUT2D eigenvalue weighted by Crippen LogP contribution is -2.56. The molecule has 3 rings (SSSR count). The summed E-state index contributed by atoms with van der Waals surface area (Å²) in [6, 6.07) is 0.268. The van der Waals surface area contributed by atoms with E-state index in [2.05, 4.69) is 20.9 Å². The maximum atomic E-state index is 12.6. The van der Waals surface area contributed by atoms with Crippen molar-refractivity contribution in [3.05, 3.63) is 11.9 Å². The Morgan fingerprint density at radius 3 is 2.67 bits per heavy atom. The maximum Gasteiger partial charge on any atom is 0.331 e. The highest BCUT2D eigenvalue weighted by atomic mass is 16.5. The van der Waals surface area contributed by atoms with Crippen LogP contribution in [0.25, 0.3) is 0 Å². The lowest BCUT2D eigenvalue weighted by atomic mass is 9.81. The summed E-state index contributed by atoms with van der Waals surface area (Å²) in [6.45, 7) is 1.88. The topological polar surface area (TPSA) is 98.1 Å². The average molecular weight is 335 g/mol. The first-order valence-electron chi connectivity index (χ1n) is 8.68. The number of nitrogens with one attached hydrogen (secondary N) is 2. The second-order valence-corrected chi connectivity index (χ2v) is 6.65. The van der Waals surface area contributed by atoms with E-state index >= 15 is 0 Å². The summed E-state index contributed by atoms with van der Waals surface area (Å²) in [4.78, 5) is 24.8. The van der Waals surface area contributed by atoms with Gasteiger partial charge in [-0.25, -0.2) is 9.48 Å². The van der Waals surface area contributed by atoms with Crippen molar-refractivity contribution >= 4 is 11.9 Å². The Morgan fingerprint density at radius 2 is 2.00 bits per heavy atom. The number of amides is 1. The fraction of sp³-hybridized carbons (Fsp3) is 0.750. The molecule has 0 unspecified atom stereocenters. The number of ether oxygens (including phenoxy) is 1. The minimum atomic E-state index is -0.928. The van der Waals surface area contributed by atoms with Gasteiger partial charge in [0.25, 0.3) is 5.91 Å². The van der Waals surface area contributed by atoms with Crippen LogP contribution in [0.5, 0.6) is 0 Å². The molecule has 1 saturated heterocycles. The number of aromatic nitrogens is 3. The largest absolute Gasteiger partial charge is 0.467 e. The van der Waals surface area contributed by atoms with Crippen LogP contribution in [0.15, 0.2) is 6.20 Å². The third-order valence-corrected chi connectivity index (χ3v) is 5.06. The van der Waals surface area contributed by atoms with Crippen LogP contribution in [0, 0.1) is 0 Å². The van der Waals surface area contributed by atoms with Crippen LogP contribution < -0.4 is 10.6 Å². The third kappa shape index (κ3) is 3.43. The Morgan fingerprint density at radius 1 is 1.29 bits per heavy atom. The summed E-state index contributed by atoms with van der Waals surface area (Å²) >= 11 is 0. The molecule has 1 aromatic heterocycles. The Hall–Kier alpha value is -1.96. The molecule has 8 nitrogen and oxygen atoms in total. The van der Waals surface area contributed by atoms with E-state index in [0.29, 0.717) is 12.8 Å². The number of hydrogen-bond donors (Lipinski definition) is 2. The molecule has 0 aromatic carbocycles. The molecular weight excluding hydrogens is 310 g/mol. The number of piperidine rings is 1. The van der Waals surface area contributed by atoms with E-state index in [-0.39, 0.29) is 23.6 Å². The lowest BCUT2D eigenvalue weighted by Gasteiger charge is -2.34. The summed E-state index contributed by atoms with van der Waals surface area (Å²) in [5, 5.41) is 14.3. The van der Waals surface area contributed by atoms with Gasteiger partial charge in [0.05, 0.1) is 19.3 Å².